The maximum atomic E-state index is 13.6. The number of benzene rings is 2. The van der Waals surface area contributed by atoms with Crippen molar-refractivity contribution in [1.82, 2.24) is 4.72 Å². The lowest BCUT2D eigenvalue weighted by Gasteiger charge is -2.60. The van der Waals surface area contributed by atoms with E-state index < -0.39 is 49.6 Å². The van der Waals surface area contributed by atoms with Gasteiger partial charge in [-0.2, -0.15) is 8.42 Å². The van der Waals surface area contributed by atoms with Gasteiger partial charge in [0.2, 0.25) is 5.91 Å². The van der Waals surface area contributed by atoms with Crippen molar-refractivity contribution < 1.29 is 40.5 Å². The first-order chi connectivity index (χ1) is 18.6. The number of amides is 1. The zero-order chi connectivity index (χ0) is 29.1. The van der Waals surface area contributed by atoms with E-state index in [1.807, 2.05) is 6.92 Å². The molecule has 0 radical (unpaired) electrons. The van der Waals surface area contributed by atoms with E-state index in [-0.39, 0.29) is 37.4 Å². The number of nitrogens with one attached hydrogen (secondary N) is 1. The van der Waals surface area contributed by atoms with Crippen LogP contribution in [0.1, 0.15) is 49.7 Å². The molecule has 2 aromatic carbocycles. The summed E-state index contributed by atoms with van der Waals surface area (Å²) in [6.07, 6.45) is 3.46. The van der Waals surface area contributed by atoms with Crippen molar-refractivity contribution in [1.29, 1.82) is 0 Å². The van der Waals surface area contributed by atoms with Gasteiger partial charge in [-0.15, -0.1) is 0 Å². The molecule has 4 aliphatic carbocycles. The third-order valence-corrected chi connectivity index (χ3v) is 11.9. The van der Waals surface area contributed by atoms with Gasteiger partial charge in [-0.05, 0) is 110 Å². The van der Waals surface area contributed by atoms with Gasteiger partial charge in [0.25, 0.3) is 20.1 Å². The van der Waals surface area contributed by atoms with Crippen LogP contribution in [0.3, 0.4) is 0 Å². The Kier molecular flexibility index (Phi) is 7.50. The summed E-state index contributed by atoms with van der Waals surface area (Å²) in [4.78, 5) is 26.3. The molecule has 2 unspecified atom stereocenters. The minimum Gasteiger partial charge on any atom is -0.482 e. The van der Waals surface area contributed by atoms with Crippen molar-refractivity contribution in [3.63, 3.8) is 0 Å². The van der Waals surface area contributed by atoms with Crippen molar-refractivity contribution in [3.05, 3.63) is 51.1 Å². The molecule has 0 aromatic heterocycles. The molecular formula is C27H30INO9S2. The van der Waals surface area contributed by atoms with Crippen LogP contribution in [0.4, 0.5) is 0 Å². The van der Waals surface area contributed by atoms with Crippen molar-refractivity contribution in [3.8, 4) is 5.75 Å². The number of halogens is 1. The molecule has 0 aliphatic heterocycles. The van der Waals surface area contributed by atoms with Gasteiger partial charge in [0.1, 0.15) is 16.2 Å². The van der Waals surface area contributed by atoms with Crippen LogP contribution in [0.15, 0.2) is 46.2 Å². The van der Waals surface area contributed by atoms with Gasteiger partial charge in [-0.25, -0.2) is 17.9 Å². The Bertz CT molecular complexity index is 1590. The number of hydrogen-bond donors (Lipinski definition) is 2. The number of ether oxygens (including phenoxy) is 2. The third-order valence-electron chi connectivity index (χ3n) is 8.20. The Morgan fingerprint density at radius 1 is 1.00 bits per heavy atom. The summed E-state index contributed by atoms with van der Waals surface area (Å²) in [7, 11) is -8.46. The van der Waals surface area contributed by atoms with Gasteiger partial charge in [-0.1, -0.05) is 17.7 Å². The Morgan fingerprint density at radius 2 is 1.65 bits per heavy atom. The molecule has 0 saturated heterocycles. The Balaban J connectivity index is 1.28. The average molecular weight is 704 g/mol. The first-order valence-corrected chi connectivity index (χ1v) is 16.9. The van der Waals surface area contributed by atoms with Crippen LogP contribution in [-0.2, 0) is 34.5 Å². The lowest BCUT2D eigenvalue weighted by Crippen LogP contribution is -2.62. The van der Waals surface area contributed by atoms with Crippen molar-refractivity contribution in [2.24, 2.45) is 17.3 Å². The number of aryl methyl sites for hydroxylation is 2. The van der Waals surface area contributed by atoms with Crippen LogP contribution >= 0.6 is 22.6 Å². The molecule has 10 nitrogen and oxygen atoms in total. The number of hydrogen-bond acceptors (Lipinski definition) is 8. The molecule has 6 rings (SSSR count). The molecule has 0 spiro atoms. The summed E-state index contributed by atoms with van der Waals surface area (Å²) >= 11 is 1.75. The van der Waals surface area contributed by atoms with E-state index in [0.29, 0.717) is 31.2 Å². The van der Waals surface area contributed by atoms with E-state index in [2.05, 4.69) is 4.72 Å². The third kappa shape index (κ3) is 5.74. The van der Waals surface area contributed by atoms with Crippen LogP contribution in [-0.4, -0.2) is 45.5 Å². The summed E-state index contributed by atoms with van der Waals surface area (Å²) < 4.78 is 72.5. The standard InChI is InChI=1S/C27H30INO9S2/c1-16-3-5-22(17(2)7-16)39(32,33)29-25(31)26-10-18-8-19(11-26)13-27(12-18,15-26)38-24(30)14-37-20-4-6-23(21(28)9-20)40(34,35)36/h3-7,9,18-19H,8,10-15H2,1-2H3,(H,29,31)(H,34,35,36). The summed E-state index contributed by atoms with van der Waals surface area (Å²) in [5.74, 6) is -0.675. The van der Waals surface area contributed by atoms with Crippen molar-refractivity contribution in [2.45, 2.75) is 67.8 Å². The van der Waals surface area contributed by atoms with Crippen LogP contribution in [0.2, 0.25) is 0 Å². The molecule has 2 aromatic rings. The predicted octanol–water partition coefficient (Wildman–Crippen LogP) is 3.92. The second kappa shape index (κ2) is 10.2. The summed E-state index contributed by atoms with van der Waals surface area (Å²) in [6, 6.07) is 8.85. The van der Waals surface area contributed by atoms with E-state index in [1.54, 1.807) is 41.6 Å². The number of sulfonamides is 1. The smallest absolute Gasteiger partial charge is 0.344 e. The molecule has 40 heavy (non-hydrogen) atoms. The van der Waals surface area contributed by atoms with Crippen LogP contribution in [0, 0.1) is 34.7 Å². The second-order valence-corrected chi connectivity index (χ2v) is 15.7. The van der Waals surface area contributed by atoms with Gasteiger partial charge in [0, 0.05) is 9.99 Å². The summed E-state index contributed by atoms with van der Waals surface area (Å²) in [6.45, 7) is 3.12. The number of carbonyl (C=O) groups is 2. The summed E-state index contributed by atoms with van der Waals surface area (Å²) in [5, 5.41) is 0. The quantitative estimate of drug-likeness (QED) is 0.237. The lowest BCUT2D eigenvalue weighted by molar-refractivity contribution is -0.204. The van der Waals surface area contributed by atoms with Crippen LogP contribution in [0.25, 0.3) is 0 Å². The highest BCUT2D eigenvalue weighted by Crippen LogP contribution is 2.63. The molecule has 1 amide bonds. The highest BCUT2D eigenvalue weighted by molar-refractivity contribution is 14.1. The molecule has 2 N–H and O–H groups in total. The van der Waals surface area contributed by atoms with Gasteiger partial charge in [0.05, 0.1) is 10.3 Å². The molecule has 0 heterocycles. The fraction of sp³-hybridized carbons (Fsp3) is 0.481. The second-order valence-electron chi connectivity index (χ2n) is 11.5. The van der Waals surface area contributed by atoms with E-state index >= 15 is 0 Å². The number of carbonyl (C=O) groups excluding carboxylic acids is 2. The zero-order valence-electron chi connectivity index (χ0n) is 22.0. The van der Waals surface area contributed by atoms with Crippen LogP contribution < -0.4 is 9.46 Å². The Labute approximate surface area is 247 Å². The highest BCUT2D eigenvalue weighted by atomic mass is 127. The van der Waals surface area contributed by atoms with E-state index in [4.69, 9.17) is 9.47 Å². The fourth-order valence-corrected chi connectivity index (χ4v) is 10.3. The van der Waals surface area contributed by atoms with Crippen LogP contribution in [0.5, 0.6) is 5.75 Å². The molecular weight excluding hydrogens is 673 g/mol. The monoisotopic (exact) mass is 703 g/mol. The number of esters is 1. The SMILES string of the molecule is Cc1ccc(S(=O)(=O)NC(=O)C23CC4CC(CC(OC(=O)COc5ccc(S(=O)(=O)O)c(I)c5)(C4)C2)C3)c(C)c1. The maximum Gasteiger partial charge on any atom is 0.344 e. The van der Waals surface area contributed by atoms with Crippen molar-refractivity contribution >= 4 is 54.6 Å². The van der Waals surface area contributed by atoms with Gasteiger partial charge in [-0.3, -0.25) is 9.35 Å². The first kappa shape index (κ1) is 29.3. The van der Waals surface area contributed by atoms with Gasteiger partial charge < -0.3 is 9.47 Å². The molecule has 4 bridgehead atoms. The Hall–Kier alpha value is -2.23. The number of rotatable bonds is 8. The first-order valence-electron chi connectivity index (χ1n) is 12.9. The van der Waals surface area contributed by atoms with Gasteiger partial charge in [0.15, 0.2) is 6.61 Å². The zero-order valence-corrected chi connectivity index (χ0v) is 25.8. The van der Waals surface area contributed by atoms with Gasteiger partial charge >= 0.3 is 5.97 Å². The minimum atomic E-state index is -4.38. The largest absolute Gasteiger partial charge is 0.482 e. The normalized spacial score (nSPS) is 27.3. The topological polar surface area (TPSA) is 153 Å². The van der Waals surface area contributed by atoms with E-state index in [1.165, 1.54) is 24.3 Å². The molecule has 2 atom stereocenters. The van der Waals surface area contributed by atoms with E-state index in [9.17, 15) is 31.0 Å². The molecule has 4 saturated carbocycles. The molecule has 216 valence electrons. The molecule has 13 heteroatoms. The van der Waals surface area contributed by atoms with Crippen molar-refractivity contribution in [2.75, 3.05) is 6.61 Å². The highest BCUT2D eigenvalue weighted by Gasteiger charge is 2.62. The fourth-order valence-electron chi connectivity index (χ4n) is 7.14. The lowest BCUT2D eigenvalue weighted by atomic mass is 9.47. The minimum absolute atomic E-state index is 0.0637. The Morgan fingerprint density at radius 3 is 2.25 bits per heavy atom. The average Bonchev–Trinajstić information content (AvgIpc) is 2.80. The van der Waals surface area contributed by atoms with E-state index in [0.717, 1.165) is 12.0 Å². The summed E-state index contributed by atoms with van der Waals surface area (Å²) in [5.41, 5.74) is -0.354. The maximum absolute atomic E-state index is 13.6. The molecule has 4 aliphatic rings. The molecule has 4 fully saturated rings. The predicted molar refractivity (Wildman–Crippen MR) is 152 cm³/mol.